The van der Waals surface area contributed by atoms with Gasteiger partial charge in [-0.25, -0.2) is 0 Å². The normalized spacial score (nSPS) is 10.3. The van der Waals surface area contributed by atoms with Gasteiger partial charge < -0.3 is 15.4 Å². The summed E-state index contributed by atoms with van der Waals surface area (Å²) in [6, 6.07) is 13.7. The molecule has 2 N–H and O–H groups in total. The fourth-order valence-electron chi connectivity index (χ4n) is 2.17. The van der Waals surface area contributed by atoms with E-state index in [9.17, 15) is 4.79 Å². The lowest BCUT2D eigenvalue weighted by atomic mass is 10.1. The number of methoxy groups -OCH3 is 1. The number of aromatic nitrogens is 1. The molecule has 0 aliphatic rings. The average Bonchev–Trinajstić information content (AvgIpc) is 2.61. The number of carbonyl (C=O) groups excluding carboxylic acids is 1. The van der Waals surface area contributed by atoms with Crippen LogP contribution in [0.4, 0.5) is 0 Å². The molecule has 0 aliphatic heterocycles. The molecule has 1 amide bonds. The standard InChI is InChI=1S/C18H23N3O2/c1-23-17-7-4-5-15(13-17)8-11-19-12-9-18(22)21-14-16-6-2-3-10-20-16/h2-7,10,13,19H,8-9,11-12,14H2,1H3,(H,21,22). The predicted octanol–water partition coefficient (Wildman–Crippen LogP) is 1.93. The number of amides is 1. The second-order valence-corrected chi connectivity index (χ2v) is 5.20. The Bertz CT molecular complexity index is 602. The maximum Gasteiger partial charge on any atom is 0.221 e. The molecule has 0 saturated heterocycles. The first-order valence-corrected chi connectivity index (χ1v) is 7.78. The Balaban J connectivity index is 1.57. The van der Waals surface area contributed by atoms with E-state index in [0.717, 1.165) is 24.4 Å². The van der Waals surface area contributed by atoms with Crippen LogP contribution in [0, 0.1) is 0 Å². The van der Waals surface area contributed by atoms with Crippen molar-refractivity contribution in [2.75, 3.05) is 20.2 Å². The highest BCUT2D eigenvalue weighted by Gasteiger charge is 2.01. The van der Waals surface area contributed by atoms with Gasteiger partial charge in [0, 0.05) is 19.2 Å². The Labute approximate surface area is 137 Å². The third-order valence-electron chi connectivity index (χ3n) is 3.45. The molecule has 0 atom stereocenters. The fraction of sp³-hybridized carbons (Fsp3) is 0.333. The van der Waals surface area contributed by atoms with Crippen molar-refractivity contribution in [3.05, 3.63) is 59.9 Å². The van der Waals surface area contributed by atoms with Gasteiger partial charge in [-0.1, -0.05) is 18.2 Å². The fourth-order valence-corrected chi connectivity index (χ4v) is 2.17. The highest BCUT2D eigenvalue weighted by molar-refractivity contribution is 5.75. The summed E-state index contributed by atoms with van der Waals surface area (Å²) < 4.78 is 5.20. The lowest BCUT2D eigenvalue weighted by molar-refractivity contribution is -0.121. The van der Waals surface area contributed by atoms with E-state index in [4.69, 9.17) is 4.74 Å². The van der Waals surface area contributed by atoms with Gasteiger partial charge >= 0.3 is 0 Å². The molecule has 2 aromatic rings. The zero-order valence-corrected chi connectivity index (χ0v) is 13.4. The van der Waals surface area contributed by atoms with Crippen LogP contribution < -0.4 is 15.4 Å². The number of carbonyl (C=O) groups is 1. The first-order valence-electron chi connectivity index (χ1n) is 7.78. The molecule has 1 aromatic heterocycles. The van der Waals surface area contributed by atoms with Crippen LogP contribution in [0.15, 0.2) is 48.7 Å². The Hall–Kier alpha value is -2.40. The van der Waals surface area contributed by atoms with Crippen LogP contribution in [-0.2, 0) is 17.8 Å². The summed E-state index contributed by atoms with van der Waals surface area (Å²) in [5.41, 5.74) is 2.09. The minimum atomic E-state index is 0.0320. The lowest BCUT2D eigenvalue weighted by Gasteiger charge is -2.07. The van der Waals surface area contributed by atoms with Crippen molar-refractivity contribution < 1.29 is 9.53 Å². The molecule has 0 unspecified atom stereocenters. The van der Waals surface area contributed by atoms with E-state index in [1.165, 1.54) is 5.56 Å². The molecule has 1 aromatic carbocycles. The van der Waals surface area contributed by atoms with E-state index >= 15 is 0 Å². The number of hydrogen-bond donors (Lipinski definition) is 2. The smallest absolute Gasteiger partial charge is 0.221 e. The van der Waals surface area contributed by atoms with Crippen LogP contribution in [0.1, 0.15) is 17.7 Å². The van der Waals surface area contributed by atoms with E-state index in [1.807, 2.05) is 36.4 Å². The number of benzene rings is 1. The molecule has 0 aliphatic carbocycles. The Morgan fingerprint density at radius 2 is 2.09 bits per heavy atom. The van der Waals surface area contributed by atoms with Crippen molar-refractivity contribution in [1.29, 1.82) is 0 Å². The summed E-state index contributed by atoms with van der Waals surface area (Å²) in [7, 11) is 1.67. The highest BCUT2D eigenvalue weighted by Crippen LogP contribution is 2.12. The maximum atomic E-state index is 11.7. The Morgan fingerprint density at radius 3 is 2.87 bits per heavy atom. The Morgan fingerprint density at radius 1 is 1.17 bits per heavy atom. The summed E-state index contributed by atoms with van der Waals surface area (Å²) in [6.45, 7) is 1.97. The molecular formula is C18H23N3O2. The van der Waals surface area contributed by atoms with Crippen molar-refractivity contribution in [3.63, 3.8) is 0 Å². The summed E-state index contributed by atoms with van der Waals surface area (Å²) in [5.74, 6) is 0.904. The van der Waals surface area contributed by atoms with Crippen LogP contribution in [0.2, 0.25) is 0 Å². The molecule has 1 heterocycles. The van der Waals surface area contributed by atoms with Gasteiger partial charge in [-0.3, -0.25) is 9.78 Å². The first-order chi connectivity index (χ1) is 11.3. The minimum Gasteiger partial charge on any atom is -0.497 e. The van der Waals surface area contributed by atoms with E-state index in [1.54, 1.807) is 13.3 Å². The summed E-state index contributed by atoms with van der Waals surface area (Å²) >= 11 is 0. The number of ether oxygens (including phenoxy) is 1. The second-order valence-electron chi connectivity index (χ2n) is 5.20. The molecule has 5 heteroatoms. The minimum absolute atomic E-state index is 0.0320. The highest BCUT2D eigenvalue weighted by atomic mass is 16.5. The van der Waals surface area contributed by atoms with Crippen LogP contribution in [0.25, 0.3) is 0 Å². The predicted molar refractivity (Wildman–Crippen MR) is 90.3 cm³/mol. The monoisotopic (exact) mass is 313 g/mol. The van der Waals surface area contributed by atoms with E-state index in [-0.39, 0.29) is 5.91 Å². The molecule has 0 saturated carbocycles. The molecule has 0 spiro atoms. The van der Waals surface area contributed by atoms with E-state index in [2.05, 4.69) is 21.7 Å². The SMILES string of the molecule is COc1cccc(CCNCCC(=O)NCc2ccccn2)c1. The van der Waals surface area contributed by atoms with Gasteiger partial charge in [-0.05, 0) is 42.8 Å². The third kappa shape index (κ3) is 6.48. The zero-order chi connectivity index (χ0) is 16.3. The number of hydrogen-bond acceptors (Lipinski definition) is 4. The molecule has 0 radical (unpaired) electrons. The number of rotatable bonds is 9. The molecule has 122 valence electrons. The van der Waals surface area contributed by atoms with Crippen LogP contribution in [-0.4, -0.2) is 31.1 Å². The molecule has 2 rings (SSSR count). The molecular weight excluding hydrogens is 290 g/mol. The average molecular weight is 313 g/mol. The second kappa shape index (κ2) is 9.58. The largest absolute Gasteiger partial charge is 0.497 e. The van der Waals surface area contributed by atoms with Crippen molar-refractivity contribution in [3.8, 4) is 5.75 Å². The van der Waals surface area contributed by atoms with Crippen molar-refractivity contribution >= 4 is 5.91 Å². The zero-order valence-electron chi connectivity index (χ0n) is 13.4. The number of nitrogens with zero attached hydrogens (tertiary/aromatic N) is 1. The number of nitrogens with one attached hydrogen (secondary N) is 2. The third-order valence-corrected chi connectivity index (χ3v) is 3.45. The van der Waals surface area contributed by atoms with Gasteiger partial charge in [0.05, 0.1) is 19.3 Å². The quantitative estimate of drug-likeness (QED) is 0.694. The van der Waals surface area contributed by atoms with Crippen molar-refractivity contribution in [2.45, 2.75) is 19.4 Å². The summed E-state index contributed by atoms with van der Waals surface area (Å²) in [5, 5.41) is 6.15. The Kier molecular flexibility index (Phi) is 7.07. The van der Waals surface area contributed by atoms with Crippen molar-refractivity contribution in [1.82, 2.24) is 15.6 Å². The van der Waals surface area contributed by atoms with Gasteiger partial charge in [0.2, 0.25) is 5.91 Å². The molecule has 0 fully saturated rings. The topological polar surface area (TPSA) is 63.2 Å². The van der Waals surface area contributed by atoms with E-state index < -0.39 is 0 Å². The van der Waals surface area contributed by atoms with Gasteiger partial charge in [0.25, 0.3) is 0 Å². The van der Waals surface area contributed by atoms with Gasteiger partial charge in [-0.2, -0.15) is 0 Å². The first kappa shape index (κ1) is 17.0. The summed E-state index contributed by atoms with van der Waals surface area (Å²) in [4.78, 5) is 15.9. The lowest BCUT2D eigenvalue weighted by Crippen LogP contribution is -2.28. The summed E-state index contributed by atoms with van der Waals surface area (Å²) in [6.07, 6.45) is 3.10. The van der Waals surface area contributed by atoms with E-state index in [0.29, 0.717) is 19.5 Å². The van der Waals surface area contributed by atoms with Gasteiger partial charge in [0.1, 0.15) is 5.75 Å². The van der Waals surface area contributed by atoms with Gasteiger partial charge in [0.15, 0.2) is 0 Å². The number of pyridine rings is 1. The van der Waals surface area contributed by atoms with Crippen LogP contribution in [0.5, 0.6) is 5.75 Å². The molecule has 23 heavy (non-hydrogen) atoms. The van der Waals surface area contributed by atoms with Crippen molar-refractivity contribution in [2.24, 2.45) is 0 Å². The molecule has 0 bridgehead atoms. The maximum absolute atomic E-state index is 11.7. The molecule has 5 nitrogen and oxygen atoms in total. The van der Waals surface area contributed by atoms with Crippen LogP contribution >= 0.6 is 0 Å². The van der Waals surface area contributed by atoms with Crippen LogP contribution in [0.3, 0.4) is 0 Å². The van der Waals surface area contributed by atoms with Gasteiger partial charge in [-0.15, -0.1) is 0 Å².